The summed E-state index contributed by atoms with van der Waals surface area (Å²) in [6.45, 7) is 2.12. The van der Waals surface area contributed by atoms with Gasteiger partial charge in [-0.25, -0.2) is 0 Å². The third kappa shape index (κ3) is 1.88. The minimum Gasteiger partial charge on any atom is -0.366 e. The zero-order chi connectivity index (χ0) is 12.5. The molecule has 2 heterocycles. The smallest absolute Gasteiger partial charge is 0.248 e. The second-order valence-corrected chi connectivity index (χ2v) is 4.89. The number of H-pyrrole nitrogens is 1. The molecule has 0 unspecified atom stereocenters. The van der Waals surface area contributed by atoms with Gasteiger partial charge >= 0.3 is 0 Å². The van der Waals surface area contributed by atoms with Gasteiger partial charge in [0.1, 0.15) is 0 Å². The van der Waals surface area contributed by atoms with Crippen LogP contribution >= 0.6 is 0 Å². The first-order valence-corrected chi connectivity index (χ1v) is 6.37. The van der Waals surface area contributed by atoms with E-state index >= 15 is 0 Å². The fraction of sp³-hybridized carbons (Fsp3) is 0.357. The lowest BCUT2D eigenvalue weighted by Crippen LogP contribution is -2.26. The highest BCUT2D eigenvalue weighted by Crippen LogP contribution is 2.31. The summed E-state index contributed by atoms with van der Waals surface area (Å²) in [6.07, 6.45) is 4.37. The van der Waals surface area contributed by atoms with Crippen molar-refractivity contribution in [3.63, 3.8) is 0 Å². The van der Waals surface area contributed by atoms with Crippen molar-refractivity contribution in [3.05, 3.63) is 35.5 Å². The van der Waals surface area contributed by atoms with E-state index in [-0.39, 0.29) is 5.91 Å². The van der Waals surface area contributed by atoms with Crippen molar-refractivity contribution in [1.29, 1.82) is 0 Å². The van der Waals surface area contributed by atoms with Crippen LogP contribution in [0.15, 0.2) is 24.4 Å². The quantitative estimate of drug-likeness (QED) is 0.751. The lowest BCUT2D eigenvalue weighted by atomic mass is 9.89. The molecular weight excluding hydrogens is 226 g/mol. The normalized spacial score (nSPS) is 17.1. The Morgan fingerprint density at radius 1 is 1.28 bits per heavy atom. The minimum absolute atomic E-state index is 0.366. The molecule has 1 saturated heterocycles. The van der Waals surface area contributed by atoms with Crippen molar-refractivity contribution in [3.8, 4) is 0 Å². The summed E-state index contributed by atoms with van der Waals surface area (Å²) in [5.74, 6) is 0.206. The molecule has 1 aromatic heterocycles. The standard InChI is InChI=1S/C14H17N3O/c15-14(18)10-1-2-13-11(7-10)12(8-17-13)9-3-5-16-6-4-9/h1-2,7-9,16-17H,3-6H2,(H2,15,18). The molecule has 4 heteroatoms. The molecule has 1 aromatic carbocycles. The Labute approximate surface area is 106 Å². The Kier molecular flexibility index (Phi) is 2.80. The van der Waals surface area contributed by atoms with E-state index < -0.39 is 0 Å². The van der Waals surface area contributed by atoms with Gasteiger partial charge in [0.2, 0.25) is 5.91 Å². The van der Waals surface area contributed by atoms with Crippen LogP contribution in [0.3, 0.4) is 0 Å². The number of amides is 1. The fourth-order valence-corrected chi connectivity index (χ4v) is 2.77. The first-order valence-electron chi connectivity index (χ1n) is 6.37. The lowest BCUT2D eigenvalue weighted by molar-refractivity contribution is 0.100. The van der Waals surface area contributed by atoms with Gasteiger partial charge in [-0.05, 0) is 55.6 Å². The molecule has 1 aliphatic rings. The average molecular weight is 243 g/mol. The van der Waals surface area contributed by atoms with Crippen molar-refractivity contribution in [2.45, 2.75) is 18.8 Å². The molecule has 0 saturated carbocycles. The maximum absolute atomic E-state index is 11.3. The molecule has 94 valence electrons. The van der Waals surface area contributed by atoms with Crippen molar-refractivity contribution in [2.75, 3.05) is 13.1 Å². The van der Waals surface area contributed by atoms with Gasteiger partial charge in [0, 0.05) is 22.7 Å². The van der Waals surface area contributed by atoms with E-state index in [4.69, 9.17) is 5.73 Å². The summed E-state index contributed by atoms with van der Waals surface area (Å²) in [5, 5.41) is 4.51. The van der Waals surface area contributed by atoms with Gasteiger partial charge in [-0.3, -0.25) is 4.79 Å². The zero-order valence-electron chi connectivity index (χ0n) is 10.2. The van der Waals surface area contributed by atoms with E-state index in [9.17, 15) is 4.79 Å². The number of hydrogen-bond donors (Lipinski definition) is 3. The van der Waals surface area contributed by atoms with Crippen molar-refractivity contribution in [1.82, 2.24) is 10.3 Å². The Morgan fingerprint density at radius 3 is 2.78 bits per heavy atom. The van der Waals surface area contributed by atoms with Crippen LogP contribution in [0, 0.1) is 0 Å². The van der Waals surface area contributed by atoms with Crippen molar-refractivity contribution >= 4 is 16.8 Å². The van der Waals surface area contributed by atoms with Gasteiger partial charge in [0.05, 0.1) is 0 Å². The van der Waals surface area contributed by atoms with Crippen LogP contribution in [0.1, 0.15) is 34.7 Å². The molecule has 0 bridgehead atoms. The second kappa shape index (κ2) is 4.46. The number of fused-ring (bicyclic) bond motifs is 1. The van der Waals surface area contributed by atoms with Crippen LogP contribution in [0.4, 0.5) is 0 Å². The van der Waals surface area contributed by atoms with Gasteiger partial charge in [-0.1, -0.05) is 0 Å². The summed E-state index contributed by atoms with van der Waals surface area (Å²) >= 11 is 0. The lowest BCUT2D eigenvalue weighted by Gasteiger charge is -2.22. The summed E-state index contributed by atoms with van der Waals surface area (Å²) in [5.41, 5.74) is 8.32. The van der Waals surface area contributed by atoms with E-state index in [0.29, 0.717) is 11.5 Å². The van der Waals surface area contributed by atoms with E-state index in [1.165, 1.54) is 5.56 Å². The first kappa shape index (κ1) is 11.3. The number of piperidine rings is 1. The molecule has 1 amide bonds. The van der Waals surface area contributed by atoms with Gasteiger partial charge in [-0.15, -0.1) is 0 Å². The molecular formula is C14H17N3O. The van der Waals surface area contributed by atoms with Crippen molar-refractivity contribution in [2.24, 2.45) is 5.73 Å². The highest BCUT2D eigenvalue weighted by Gasteiger charge is 2.18. The van der Waals surface area contributed by atoms with Crippen LogP contribution in [0.5, 0.6) is 0 Å². The Morgan fingerprint density at radius 2 is 2.06 bits per heavy atom. The number of hydrogen-bond acceptors (Lipinski definition) is 2. The molecule has 0 spiro atoms. The van der Waals surface area contributed by atoms with Crippen LogP contribution in [0.25, 0.3) is 10.9 Å². The summed E-state index contributed by atoms with van der Waals surface area (Å²) < 4.78 is 0. The number of carbonyl (C=O) groups excluding carboxylic acids is 1. The van der Waals surface area contributed by atoms with Gasteiger partial charge in [0.25, 0.3) is 0 Å². The number of nitrogens with one attached hydrogen (secondary N) is 2. The molecule has 2 aromatic rings. The highest BCUT2D eigenvalue weighted by atomic mass is 16.1. The van der Waals surface area contributed by atoms with E-state index in [1.807, 2.05) is 12.1 Å². The van der Waals surface area contributed by atoms with E-state index in [0.717, 1.165) is 36.8 Å². The molecule has 3 rings (SSSR count). The molecule has 4 N–H and O–H groups in total. The summed E-state index contributed by atoms with van der Waals surface area (Å²) in [7, 11) is 0. The van der Waals surface area contributed by atoms with E-state index in [1.54, 1.807) is 6.07 Å². The average Bonchev–Trinajstić information content (AvgIpc) is 2.82. The van der Waals surface area contributed by atoms with Crippen LogP contribution in [0.2, 0.25) is 0 Å². The third-order valence-electron chi connectivity index (χ3n) is 3.78. The SMILES string of the molecule is NC(=O)c1ccc2[nH]cc(C3CCNCC3)c2c1. The zero-order valence-corrected chi connectivity index (χ0v) is 10.2. The number of rotatable bonds is 2. The van der Waals surface area contributed by atoms with Gasteiger partial charge < -0.3 is 16.0 Å². The minimum atomic E-state index is -0.366. The highest BCUT2D eigenvalue weighted by molar-refractivity contribution is 5.97. The van der Waals surface area contributed by atoms with Gasteiger partial charge in [0.15, 0.2) is 0 Å². The van der Waals surface area contributed by atoms with Gasteiger partial charge in [-0.2, -0.15) is 0 Å². The van der Waals surface area contributed by atoms with Crippen molar-refractivity contribution < 1.29 is 4.79 Å². The number of nitrogens with two attached hydrogens (primary N) is 1. The molecule has 0 aliphatic carbocycles. The predicted octanol–water partition coefficient (Wildman–Crippen LogP) is 1.73. The summed E-state index contributed by atoms with van der Waals surface area (Å²) in [6, 6.07) is 5.61. The molecule has 1 aliphatic heterocycles. The largest absolute Gasteiger partial charge is 0.366 e. The Hall–Kier alpha value is -1.81. The molecule has 18 heavy (non-hydrogen) atoms. The number of primary amides is 1. The topological polar surface area (TPSA) is 70.9 Å². The van der Waals surface area contributed by atoms with Crippen LogP contribution < -0.4 is 11.1 Å². The Bertz CT molecular complexity index is 582. The van der Waals surface area contributed by atoms with Crippen LogP contribution in [-0.2, 0) is 0 Å². The first-order chi connectivity index (χ1) is 8.75. The number of aromatic amines is 1. The number of carbonyl (C=O) groups is 1. The maximum atomic E-state index is 11.3. The summed E-state index contributed by atoms with van der Waals surface area (Å²) in [4.78, 5) is 14.5. The van der Waals surface area contributed by atoms with Crippen LogP contribution in [-0.4, -0.2) is 24.0 Å². The monoisotopic (exact) mass is 243 g/mol. The number of aromatic nitrogens is 1. The maximum Gasteiger partial charge on any atom is 0.248 e. The molecule has 4 nitrogen and oxygen atoms in total. The molecule has 0 atom stereocenters. The molecule has 0 radical (unpaired) electrons. The Balaban J connectivity index is 2.05. The predicted molar refractivity (Wildman–Crippen MR) is 71.7 cm³/mol. The third-order valence-corrected chi connectivity index (χ3v) is 3.78. The van der Waals surface area contributed by atoms with E-state index in [2.05, 4.69) is 16.5 Å². The molecule has 1 fully saturated rings. The second-order valence-electron chi connectivity index (χ2n) is 4.89. The fourth-order valence-electron chi connectivity index (χ4n) is 2.77. The number of benzene rings is 1.